The summed E-state index contributed by atoms with van der Waals surface area (Å²) in [6.07, 6.45) is 7.20. The number of aliphatic hydroxyl groups is 1. The molecular formula is C13H20N2O. The molecule has 2 rings (SSSR count). The third-order valence-electron chi connectivity index (χ3n) is 3.18. The molecule has 0 aromatic carbocycles. The van der Waals surface area contributed by atoms with Crippen molar-refractivity contribution in [2.45, 2.75) is 38.3 Å². The molecule has 0 saturated carbocycles. The molecule has 1 fully saturated rings. The zero-order valence-corrected chi connectivity index (χ0v) is 9.84. The van der Waals surface area contributed by atoms with E-state index in [2.05, 4.69) is 16.0 Å². The first-order chi connectivity index (χ1) is 7.77. The van der Waals surface area contributed by atoms with Crippen molar-refractivity contribution >= 4 is 0 Å². The number of aliphatic hydroxyl groups excluding tert-OH is 1. The van der Waals surface area contributed by atoms with Crippen LogP contribution in [0.5, 0.6) is 0 Å². The van der Waals surface area contributed by atoms with Gasteiger partial charge >= 0.3 is 0 Å². The second-order valence-electron chi connectivity index (χ2n) is 4.64. The molecule has 1 aromatic heterocycles. The summed E-state index contributed by atoms with van der Waals surface area (Å²) in [5.41, 5.74) is 1.28. The fourth-order valence-corrected chi connectivity index (χ4v) is 2.50. The Morgan fingerprint density at radius 1 is 1.56 bits per heavy atom. The van der Waals surface area contributed by atoms with E-state index in [0.717, 1.165) is 13.1 Å². The Morgan fingerprint density at radius 3 is 3.12 bits per heavy atom. The van der Waals surface area contributed by atoms with Gasteiger partial charge in [0, 0.05) is 25.0 Å². The van der Waals surface area contributed by atoms with E-state index >= 15 is 0 Å². The molecule has 0 aliphatic carbocycles. The zero-order chi connectivity index (χ0) is 11.4. The molecule has 16 heavy (non-hydrogen) atoms. The molecule has 0 amide bonds. The average molecular weight is 220 g/mol. The molecule has 1 saturated heterocycles. The highest BCUT2D eigenvalue weighted by atomic mass is 16.3. The maximum absolute atomic E-state index is 9.51. The summed E-state index contributed by atoms with van der Waals surface area (Å²) in [6, 6.07) is 4.57. The van der Waals surface area contributed by atoms with Crippen LogP contribution >= 0.6 is 0 Å². The van der Waals surface area contributed by atoms with Crippen LogP contribution in [0, 0.1) is 0 Å². The van der Waals surface area contributed by atoms with E-state index in [-0.39, 0.29) is 6.10 Å². The Hall–Kier alpha value is -0.930. The summed E-state index contributed by atoms with van der Waals surface area (Å²) in [5.74, 6) is 0. The molecule has 1 aromatic rings. The van der Waals surface area contributed by atoms with Crippen molar-refractivity contribution < 1.29 is 5.11 Å². The van der Waals surface area contributed by atoms with Gasteiger partial charge in [-0.15, -0.1) is 0 Å². The molecule has 3 heteroatoms. The zero-order valence-electron chi connectivity index (χ0n) is 9.84. The van der Waals surface area contributed by atoms with Crippen molar-refractivity contribution in [3.8, 4) is 0 Å². The minimum absolute atomic E-state index is 0.253. The first kappa shape index (κ1) is 11.6. The summed E-state index contributed by atoms with van der Waals surface area (Å²) in [6.45, 7) is 3.71. The Kier molecular flexibility index (Phi) is 3.91. The van der Waals surface area contributed by atoms with Crippen molar-refractivity contribution in [2.24, 2.45) is 0 Å². The second-order valence-corrected chi connectivity index (χ2v) is 4.64. The van der Waals surface area contributed by atoms with Crippen LogP contribution in [0.4, 0.5) is 0 Å². The quantitative estimate of drug-likeness (QED) is 0.846. The SMILES string of the molecule is C[C@@H](O)CN1CCCC[C@@H]1c1cccnc1. The van der Waals surface area contributed by atoms with E-state index in [1.807, 2.05) is 25.4 Å². The first-order valence-corrected chi connectivity index (χ1v) is 6.09. The molecule has 0 radical (unpaired) electrons. The lowest BCUT2D eigenvalue weighted by Gasteiger charge is -2.36. The Balaban J connectivity index is 2.10. The average Bonchev–Trinajstić information content (AvgIpc) is 2.30. The van der Waals surface area contributed by atoms with E-state index in [1.165, 1.54) is 24.8 Å². The lowest BCUT2D eigenvalue weighted by atomic mass is 9.96. The first-order valence-electron chi connectivity index (χ1n) is 6.09. The lowest BCUT2D eigenvalue weighted by Crippen LogP contribution is -2.38. The standard InChI is InChI=1S/C13H20N2O/c1-11(16)10-15-8-3-2-6-13(15)12-5-4-7-14-9-12/h4-5,7,9,11,13,16H,2-3,6,8,10H2,1H3/t11-,13-/m1/s1. The highest BCUT2D eigenvalue weighted by Gasteiger charge is 2.24. The largest absolute Gasteiger partial charge is 0.392 e. The maximum Gasteiger partial charge on any atom is 0.0639 e. The van der Waals surface area contributed by atoms with Gasteiger partial charge in [0.15, 0.2) is 0 Å². The predicted molar refractivity (Wildman–Crippen MR) is 64.1 cm³/mol. The molecule has 0 bridgehead atoms. The van der Waals surface area contributed by atoms with Gasteiger partial charge in [0.1, 0.15) is 0 Å². The monoisotopic (exact) mass is 220 g/mol. The number of piperidine rings is 1. The van der Waals surface area contributed by atoms with Crippen LogP contribution in [0.25, 0.3) is 0 Å². The van der Waals surface area contributed by atoms with Crippen LogP contribution in [-0.4, -0.2) is 34.2 Å². The molecule has 88 valence electrons. The third kappa shape index (κ3) is 2.80. The Bertz CT molecular complexity index is 313. The summed E-state index contributed by atoms with van der Waals surface area (Å²) in [4.78, 5) is 6.56. The van der Waals surface area contributed by atoms with Crippen LogP contribution in [0.2, 0.25) is 0 Å². The third-order valence-corrected chi connectivity index (χ3v) is 3.18. The van der Waals surface area contributed by atoms with E-state index in [1.54, 1.807) is 0 Å². The van der Waals surface area contributed by atoms with Crippen LogP contribution in [0.15, 0.2) is 24.5 Å². The summed E-state index contributed by atoms with van der Waals surface area (Å²) < 4.78 is 0. The van der Waals surface area contributed by atoms with E-state index in [4.69, 9.17) is 0 Å². The van der Waals surface area contributed by atoms with E-state index in [9.17, 15) is 5.11 Å². The van der Waals surface area contributed by atoms with Gasteiger partial charge in [0.25, 0.3) is 0 Å². The molecule has 0 spiro atoms. The predicted octanol–water partition coefficient (Wildman–Crippen LogP) is 1.99. The van der Waals surface area contributed by atoms with Crippen LogP contribution in [0.1, 0.15) is 37.8 Å². The fraction of sp³-hybridized carbons (Fsp3) is 0.615. The van der Waals surface area contributed by atoms with Crippen molar-refractivity contribution in [1.29, 1.82) is 0 Å². The second kappa shape index (κ2) is 5.41. The summed E-state index contributed by atoms with van der Waals surface area (Å²) >= 11 is 0. The number of rotatable bonds is 3. The minimum atomic E-state index is -0.253. The van der Waals surface area contributed by atoms with Gasteiger partial charge in [-0.1, -0.05) is 12.5 Å². The van der Waals surface area contributed by atoms with Gasteiger partial charge < -0.3 is 5.11 Å². The highest BCUT2D eigenvalue weighted by Crippen LogP contribution is 2.30. The normalized spacial score (nSPS) is 24.2. The molecule has 1 N–H and O–H groups in total. The maximum atomic E-state index is 9.51. The molecule has 2 atom stereocenters. The smallest absolute Gasteiger partial charge is 0.0639 e. The van der Waals surface area contributed by atoms with Crippen LogP contribution in [0.3, 0.4) is 0 Å². The van der Waals surface area contributed by atoms with Crippen LogP contribution < -0.4 is 0 Å². The van der Waals surface area contributed by atoms with Crippen LogP contribution in [-0.2, 0) is 0 Å². The van der Waals surface area contributed by atoms with Gasteiger partial charge in [-0.2, -0.15) is 0 Å². The van der Waals surface area contributed by atoms with Gasteiger partial charge in [-0.25, -0.2) is 0 Å². The molecule has 1 aliphatic rings. The Morgan fingerprint density at radius 2 is 2.44 bits per heavy atom. The number of β-amino-alcohol motifs (C(OH)–C–C–N with tert-alkyl or cyclic N) is 1. The summed E-state index contributed by atoms with van der Waals surface area (Å²) in [5, 5.41) is 9.51. The van der Waals surface area contributed by atoms with Crippen molar-refractivity contribution in [3.05, 3.63) is 30.1 Å². The summed E-state index contributed by atoms with van der Waals surface area (Å²) in [7, 11) is 0. The molecule has 0 unspecified atom stereocenters. The number of nitrogens with zero attached hydrogens (tertiary/aromatic N) is 2. The van der Waals surface area contributed by atoms with Crippen molar-refractivity contribution in [1.82, 2.24) is 9.88 Å². The molecular weight excluding hydrogens is 200 g/mol. The number of hydrogen-bond acceptors (Lipinski definition) is 3. The van der Waals surface area contributed by atoms with Gasteiger partial charge in [0.05, 0.1) is 6.10 Å². The molecule has 2 heterocycles. The topological polar surface area (TPSA) is 36.4 Å². The van der Waals surface area contributed by atoms with Gasteiger partial charge in [0.2, 0.25) is 0 Å². The highest BCUT2D eigenvalue weighted by molar-refractivity contribution is 5.14. The van der Waals surface area contributed by atoms with E-state index < -0.39 is 0 Å². The number of likely N-dealkylation sites (tertiary alicyclic amines) is 1. The van der Waals surface area contributed by atoms with E-state index in [0.29, 0.717) is 6.04 Å². The van der Waals surface area contributed by atoms with Crippen molar-refractivity contribution in [2.75, 3.05) is 13.1 Å². The molecule has 1 aliphatic heterocycles. The fourth-order valence-electron chi connectivity index (χ4n) is 2.50. The number of hydrogen-bond donors (Lipinski definition) is 1. The number of aromatic nitrogens is 1. The van der Waals surface area contributed by atoms with Gasteiger partial charge in [-0.3, -0.25) is 9.88 Å². The minimum Gasteiger partial charge on any atom is -0.392 e. The lowest BCUT2D eigenvalue weighted by molar-refractivity contribution is 0.0761. The van der Waals surface area contributed by atoms with Crippen molar-refractivity contribution in [3.63, 3.8) is 0 Å². The molecule has 3 nitrogen and oxygen atoms in total. The Labute approximate surface area is 97.1 Å². The van der Waals surface area contributed by atoms with Gasteiger partial charge in [-0.05, 0) is 37.9 Å². The number of pyridine rings is 1.